The quantitative estimate of drug-likeness (QED) is 0.233. The van der Waals surface area contributed by atoms with Crippen molar-refractivity contribution < 1.29 is 18.3 Å². The molecular weight excluding hydrogens is 598 g/mol. The number of terminal acetylenes is 1. The molecule has 0 unspecified atom stereocenters. The molecular formula is C37H34F2N6O2. The Hall–Kier alpha value is -4.59. The minimum absolute atomic E-state index is 0.0208. The van der Waals surface area contributed by atoms with Crippen LogP contribution in [0.5, 0.6) is 11.9 Å². The average Bonchev–Trinajstić information content (AvgIpc) is 3.64. The van der Waals surface area contributed by atoms with Crippen molar-refractivity contribution >= 4 is 27.5 Å². The smallest absolute Gasteiger partial charge is 0.319 e. The Morgan fingerprint density at radius 1 is 1.11 bits per heavy atom. The summed E-state index contributed by atoms with van der Waals surface area (Å²) < 4.78 is 44.7. The van der Waals surface area contributed by atoms with Crippen LogP contribution in [0.25, 0.3) is 32.9 Å². The number of ether oxygens (including phenoxy) is 2. The van der Waals surface area contributed by atoms with Crippen molar-refractivity contribution in [2.24, 2.45) is 0 Å². The molecule has 7 heterocycles. The van der Waals surface area contributed by atoms with Gasteiger partial charge >= 0.3 is 6.01 Å². The molecule has 1 N–H and O–H groups in total. The molecule has 4 atom stereocenters. The lowest BCUT2D eigenvalue weighted by atomic mass is 9.92. The van der Waals surface area contributed by atoms with Crippen LogP contribution in [0.1, 0.15) is 38.2 Å². The van der Waals surface area contributed by atoms with Crippen LogP contribution in [-0.2, 0) is 0 Å². The Bertz CT molecular complexity index is 2070. The molecule has 9 rings (SSSR count). The number of halogens is 2. The third-order valence-electron chi connectivity index (χ3n) is 10.7. The van der Waals surface area contributed by atoms with Crippen LogP contribution < -0.4 is 19.7 Å². The predicted octanol–water partition coefficient (Wildman–Crippen LogP) is 5.53. The average molecular weight is 633 g/mol. The van der Waals surface area contributed by atoms with Crippen LogP contribution in [0.3, 0.4) is 0 Å². The van der Waals surface area contributed by atoms with Crippen molar-refractivity contribution in [3.8, 4) is 35.5 Å². The number of pyridine rings is 1. The third-order valence-corrected chi connectivity index (χ3v) is 10.7. The first-order chi connectivity index (χ1) is 22.7. The molecule has 4 fully saturated rings. The van der Waals surface area contributed by atoms with Gasteiger partial charge in [-0.3, -0.25) is 4.90 Å². The van der Waals surface area contributed by atoms with E-state index >= 15 is 4.39 Å². The second kappa shape index (κ2) is 10.2. The number of piperazine rings is 1. The van der Waals surface area contributed by atoms with E-state index in [1.54, 1.807) is 18.2 Å². The molecule has 0 amide bonds. The first kappa shape index (κ1) is 28.6. The third kappa shape index (κ3) is 4.29. The highest BCUT2D eigenvalue weighted by Gasteiger charge is 2.49. The summed E-state index contributed by atoms with van der Waals surface area (Å²) >= 11 is 0. The zero-order valence-electron chi connectivity index (χ0n) is 26.2. The standard InChI is InChI=1S/C37H34F2N6O2/c1-5-22-11-24(38)12-23-7-6-8-26(28(22)23)31-30(39)32-29-34(45-17-25-9-10-27(40-25)33(45)21(4)47-35(29)41-31)43-36(42-32)46-18-37-13-19(2)15-44(37)16-20(3)14-37/h1,6-8,11-12,21,25,27,33,40H,2-3,9-10,13-18H2,4H3/t21-,25+,27-,33+/m0/s1. The van der Waals surface area contributed by atoms with E-state index < -0.39 is 11.6 Å². The Balaban J connectivity index is 1.25. The van der Waals surface area contributed by atoms with Crippen LogP contribution >= 0.6 is 0 Å². The van der Waals surface area contributed by atoms with Gasteiger partial charge in [-0.15, -0.1) is 6.42 Å². The number of benzene rings is 2. The summed E-state index contributed by atoms with van der Waals surface area (Å²) in [5.74, 6) is 2.28. The molecule has 10 heteroatoms. The van der Waals surface area contributed by atoms with Crippen LogP contribution in [0.4, 0.5) is 14.6 Å². The highest BCUT2D eigenvalue weighted by Crippen LogP contribution is 2.46. The molecule has 0 saturated carbocycles. The normalized spacial score (nSPS) is 25.9. The van der Waals surface area contributed by atoms with Gasteiger partial charge in [-0.2, -0.15) is 9.97 Å². The van der Waals surface area contributed by atoms with Crippen molar-refractivity contribution in [1.82, 2.24) is 25.2 Å². The molecule has 2 bridgehead atoms. The predicted molar refractivity (Wildman–Crippen MR) is 177 cm³/mol. The molecule has 5 aliphatic heterocycles. The van der Waals surface area contributed by atoms with E-state index in [1.165, 1.54) is 12.1 Å². The fourth-order valence-corrected chi connectivity index (χ4v) is 8.89. The van der Waals surface area contributed by atoms with Gasteiger partial charge in [-0.1, -0.05) is 48.4 Å². The van der Waals surface area contributed by atoms with Gasteiger partial charge in [0.2, 0.25) is 5.88 Å². The zero-order chi connectivity index (χ0) is 32.2. The van der Waals surface area contributed by atoms with Crippen molar-refractivity contribution in [2.45, 2.75) is 62.4 Å². The highest BCUT2D eigenvalue weighted by molar-refractivity contribution is 6.03. The van der Waals surface area contributed by atoms with Crippen LogP contribution in [-0.4, -0.2) is 75.9 Å². The highest BCUT2D eigenvalue weighted by atomic mass is 19.1. The molecule has 2 aromatic heterocycles. The number of rotatable bonds is 4. The summed E-state index contributed by atoms with van der Waals surface area (Å²) in [6, 6.07) is 8.41. The van der Waals surface area contributed by atoms with Crippen molar-refractivity contribution in [1.29, 1.82) is 0 Å². The topological polar surface area (TPSA) is 75.6 Å². The number of aromatic nitrogens is 3. The summed E-state index contributed by atoms with van der Waals surface area (Å²) in [5.41, 5.74) is 2.86. The maximum Gasteiger partial charge on any atom is 0.319 e. The van der Waals surface area contributed by atoms with Gasteiger partial charge < -0.3 is 19.7 Å². The number of fused-ring (bicyclic) bond motifs is 7. The monoisotopic (exact) mass is 632 g/mol. The summed E-state index contributed by atoms with van der Waals surface area (Å²) in [6.07, 6.45) is 9.18. The number of hydrogen-bond donors (Lipinski definition) is 1. The number of anilines is 1. The Morgan fingerprint density at radius 2 is 1.91 bits per heavy atom. The first-order valence-electron chi connectivity index (χ1n) is 16.2. The van der Waals surface area contributed by atoms with E-state index in [4.69, 9.17) is 30.8 Å². The molecule has 4 saturated heterocycles. The van der Waals surface area contributed by atoms with Crippen molar-refractivity contribution in [3.05, 3.63) is 71.8 Å². The van der Waals surface area contributed by atoms with Gasteiger partial charge in [0.1, 0.15) is 40.9 Å². The first-order valence-corrected chi connectivity index (χ1v) is 16.2. The molecule has 47 heavy (non-hydrogen) atoms. The lowest BCUT2D eigenvalue weighted by molar-refractivity contribution is 0.108. The Labute approximate surface area is 271 Å². The molecule has 8 nitrogen and oxygen atoms in total. The largest absolute Gasteiger partial charge is 0.472 e. The molecule has 0 spiro atoms. The molecule has 5 aliphatic rings. The SMILES string of the molecule is C#Cc1cc(F)cc2cccc(-c3nc4c5c(nc(OCC67CC(=C)CN6CC(=C)C7)nc5c3F)N3C[C@H]5CC[C@H](N5)[C@H]3[C@H](C)O4)c12. The number of nitrogens with zero attached hydrogens (tertiary/aromatic N) is 5. The maximum absolute atomic E-state index is 17.1. The van der Waals surface area contributed by atoms with E-state index in [0.29, 0.717) is 46.3 Å². The summed E-state index contributed by atoms with van der Waals surface area (Å²) in [5, 5.41) is 5.23. The fraction of sp³-hybridized carbons (Fsp3) is 0.378. The fourth-order valence-electron chi connectivity index (χ4n) is 8.89. The van der Waals surface area contributed by atoms with E-state index in [2.05, 4.69) is 34.2 Å². The summed E-state index contributed by atoms with van der Waals surface area (Å²) in [7, 11) is 0. The van der Waals surface area contributed by atoms with Crippen molar-refractivity contribution in [3.63, 3.8) is 0 Å². The minimum atomic E-state index is -0.645. The number of hydrogen-bond acceptors (Lipinski definition) is 8. The molecule has 238 valence electrons. The van der Waals surface area contributed by atoms with Gasteiger partial charge in [0.15, 0.2) is 5.82 Å². The van der Waals surface area contributed by atoms with E-state index in [-0.39, 0.29) is 52.9 Å². The van der Waals surface area contributed by atoms with Gasteiger partial charge in [0.05, 0.1) is 11.6 Å². The molecule has 2 aromatic carbocycles. The van der Waals surface area contributed by atoms with Crippen LogP contribution in [0, 0.1) is 24.0 Å². The van der Waals surface area contributed by atoms with E-state index in [0.717, 1.165) is 49.9 Å². The van der Waals surface area contributed by atoms with Gasteiger partial charge in [0.25, 0.3) is 0 Å². The summed E-state index contributed by atoms with van der Waals surface area (Å²) in [4.78, 5) is 19.2. The summed E-state index contributed by atoms with van der Waals surface area (Å²) in [6.45, 7) is 13.1. The van der Waals surface area contributed by atoms with Crippen LogP contribution in [0.2, 0.25) is 0 Å². The second-order valence-electron chi connectivity index (χ2n) is 13.9. The molecule has 4 aromatic rings. The van der Waals surface area contributed by atoms with Gasteiger partial charge in [0, 0.05) is 48.2 Å². The van der Waals surface area contributed by atoms with Crippen molar-refractivity contribution in [2.75, 3.05) is 31.1 Å². The minimum Gasteiger partial charge on any atom is -0.472 e. The lowest BCUT2D eigenvalue weighted by Crippen LogP contribution is -2.62. The number of nitrogens with one attached hydrogen (secondary N) is 1. The molecule has 0 radical (unpaired) electrons. The maximum atomic E-state index is 17.1. The Morgan fingerprint density at radius 3 is 2.70 bits per heavy atom. The second-order valence-corrected chi connectivity index (χ2v) is 13.9. The van der Waals surface area contributed by atoms with Crippen LogP contribution in [0.15, 0.2) is 54.6 Å². The Kier molecular flexibility index (Phi) is 6.21. The van der Waals surface area contributed by atoms with Gasteiger partial charge in [-0.25, -0.2) is 13.8 Å². The van der Waals surface area contributed by atoms with Gasteiger partial charge in [-0.05, 0) is 50.1 Å². The lowest BCUT2D eigenvalue weighted by Gasteiger charge is -2.42. The zero-order valence-corrected chi connectivity index (χ0v) is 26.2. The molecule has 0 aliphatic carbocycles. The van der Waals surface area contributed by atoms with E-state index in [1.807, 2.05) is 6.92 Å². The van der Waals surface area contributed by atoms with E-state index in [9.17, 15) is 4.39 Å².